The first-order chi connectivity index (χ1) is 8.15. The Labute approximate surface area is 102 Å². The van der Waals surface area contributed by atoms with Gasteiger partial charge in [-0.1, -0.05) is 23.9 Å². The summed E-state index contributed by atoms with van der Waals surface area (Å²) in [4.78, 5) is 11.1. The molecule has 1 amide bonds. The second kappa shape index (κ2) is 5.09. The molecule has 17 heavy (non-hydrogen) atoms. The molecule has 4 nitrogen and oxygen atoms in total. The van der Waals surface area contributed by atoms with Gasteiger partial charge >= 0.3 is 0 Å². The molecule has 0 aliphatic carbocycles. The highest BCUT2D eigenvalue weighted by Gasteiger charge is 2.25. The van der Waals surface area contributed by atoms with Gasteiger partial charge in [0, 0.05) is 0 Å². The highest BCUT2D eigenvalue weighted by atomic mass is 32.2. The lowest BCUT2D eigenvalue weighted by molar-refractivity contribution is -0.118. The van der Waals surface area contributed by atoms with E-state index in [1.807, 2.05) is 0 Å². The predicted octanol–water partition coefficient (Wildman–Crippen LogP) is 1.77. The lowest BCUT2D eigenvalue weighted by atomic mass is 10.2. The molecule has 1 saturated heterocycles. The first-order valence-electron chi connectivity index (χ1n) is 4.99. The van der Waals surface area contributed by atoms with Crippen molar-refractivity contribution in [3.8, 4) is 0 Å². The topological polar surface area (TPSA) is 53.8 Å². The predicted molar refractivity (Wildman–Crippen MR) is 66.6 cm³/mol. The molecule has 0 aromatic heterocycles. The van der Waals surface area contributed by atoms with Crippen LogP contribution in [0.15, 0.2) is 34.5 Å². The number of halogens is 1. The molecule has 6 heteroatoms. The molecule has 1 aliphatic rings. The lowest BCUT2D eigenvalue weighted by Crippen LogP contribution is -2.23. The summed E-state index contributed by atoms with van der Waals surface area (Å²) in [6, 6.07) is 5.90. The summed E-state index contributed by atoms with van der Waals surface area (Å²) >= 11 is 1.33. The standard InChI is InChI=1S/C11H10FN3OS/c1-7-10(16)14-11(17-7)15-13-6-8-2-4-9(12)5-3-8/h2-7H,1H3,(H,14,15,16)/b13-6-. The number of nitrogens with one attached hydrogen (secondary N) is 1. The SMILES string of the molecule is CC1S/C(=N/N=C\c2ccc(F)cc2)NC1=O. The fraction of sp³-hybridized carbons (Fsp3) is 0.182. The van der Waals surface area contributed by atoms with Crippen LogP contribution in [-0.2, 0) is 4.79 Å². The van der Waals surface area contributed by atoms with Gasteiger partial charge in [-0.15, -0.1) is 5.10 Å². The zero-order valence-corrected chi connectivity index (χ0v) is 9.87. The van der Waals surface area contributed by atoms with E-state index >= 15 is 0 Å². The Hall–Kier alpha value is -1.69. The minimum Gasteiger partial charge on any atom is -0.303 e. The maximum atomic E-state index is 12.6. The van der Waals surface area contributed by atoms with Crippen molar-refractivity contribution >= 4 is 29.1 Å². The van der Waals surface area contributed by atoms with Crippen LogP contribution in [0.4, 0.5) is 4.39 Å². The molecule has 1 heterocycles. The Bertz CT molecular complexity index is 484. The van der Waals surface area contributed by atoms with E-state index in [9.17, 15) is 9.18 Å². The maximum absolute atomic E-state index is 12.6. The van der Waals surface area contributed by atoms with Crippen molar-refractivity contribution in [2.24, 2.45) is 10.2 Å². The third-order valence-corrected chi connectivity index (χ3v) is 3.09. The van der Waals surface area contributed by atoms with Gasteiger partial charge in [-0.2, -0.15) is 5.10 Å². The van der Waals surface area contributed by atoms with Crippen molar-refractivity contribution in [1.82, 2.24) is 5.32 Å². The summed E-state index contributed by atoms with van der Waals surface area (Å²) in [5.74, 6) is -0.355. The zero-order chi connectivity index (χ0) is 12.3. The van der Waals surface area contributed by atoms with Gasteiger partial charge in [-0.25, -0.2) is 4.39 Å². The van der Waals surface area contributed by atoms with E-state index in [0.717, 1.165) is 5.56 Å². The second-order valence-electron chi connectivity index (χ2n) is 3.45. The summed E-state index contributed by atoms with van der Waals surface area (Å²) in [6.45, 7) is 1.80. The molecule has 0 spiro atoms. The number of carbonyl (C=O) groups excluding carboxylic acids is 1. The van der Waals surface area contributed by atoms with Crippen molar-refractivity contribution in [2.75, 3.05) is 0 Å². The van der Waals surface area contributed by atoms with Crippen molar-refractivity contribution in [3.63, 3.8) is 0 Å². The molecule has 1 unspecified atom stereocenters. The normalized spacial score (nSPS) is 22.4. The number of carbonyl (C=O) groups is 1. The van der Waals surface area contributed by atoms with Crippen LogP contribution in [0.2, 0.25) is 0 Å². The Morgan fingerprint density at radius 2 is 2.12 bits per heavy atom. The van der Waals surface area contributed by atoms with E-state index in [1.165, 1.54) is 30.1 Å². The molecule has 0 saturated carbocycles. The van der Waals surface area contributed by atoms with Crippen LogP contribution in [0.1, 0.15) is 12.5 Å². The third kappa shape index (κ3) is 3.13. The van der Waals surface area contributed by atoms with Gasteiger partial charge in [0.15, 0.2) is 5.17 Å². The lowest BCUT2D eigenvalue weighted by Gasteiger charge is -1.91. The molecule has 88 valence electrons. The van der Waals surface area contributed by atoms with Crippen LogP contribution in [0, 0.1) is 5.82 Å². The van der Waals surface area contributed by atoms with Crippen molar-refractivity contribution in [3.05, 3.63) is 35.6 Å². The molecule has 1 N–H and O–H groups in total. The number of amides is 1. The van der Waals surface area contributed by atoms with Gasteiger partial charge < -0.3 is 5.32 Å². The van der Waals surface area contributed by atoms with Crippen LogP contribution in [0.5, 0.6) is 0 Å². The summed E-state index contributed by atoms with van der Waals surface area (Å²) in [6.07, 6.45) is 1.50. The van der Waals surface area contributed by atoms with Crippen molar-refractivity contribution in [1.29, 1.82) is 0 Å². The van der Waals surface area contributed by atoms with Crippen molar-refractivity contribution < 1.29 is 9.18 Å². The van der Waals surface area contributed by atoms with Crippen LogP contribution in [-0.4, -0.2) is 22.5 Å². The molecule has 1 aromatic carbocycles. The smallest absolute Gasteiger partial charge is 0.239 e. The maximum Gasteiger partial charge on any atom is 0.239 e. The highest BCUT2D eigenvalue weighted by Crippen LogP contribution is 2.18. The molecule has 0 radical (unpaired) electrons. The second-order valence-corrected chi connectivity index (χ2v) is 4.78. The number of hydrogen-bond donors (Lipinski definition) is 1. The van der Waals surface area contributed by atoms with Crippen LogP contribution in [0.25, 0.3) is 0 Å². The van der Waals surface area contributed by atoms with E-state index in [4.69, 9.17) is 0 Å². The molecule has 1 aliphatic heterocycles. The molecule has 1 atom stereocenters. The van der Waals surface area contributed by atoms with E-state index in [-0.39, 0.29) is 17.0 Å². The fourth-order valence-corrected chi connectivity index (χ4v) is 1.96. The number of thioether (sulfide) groups is 1. The van der Waals surface area contributed by atoms with E-state index < -0.39 is 0 Å². The number of rotatable bonds is 2. The number of amidine groups is 1. The van der Waals surface area contributed by atoms with Crippen molar-refractivity contribution in [2.45, 2.75) is 12.2 Å². The Kier molecular flexibility index (Phi) is 3.53. The summed E-state index contributed by atoms with van der Waals surface area (Å²) in [7, 11) is 0. The Morgan fingerprint density at radius 3 is 2.71 bits per heavy atom. The number of nitrogens with zero attached hydrogens (tertiary/aromatic N) is 2. The van der Waals surface area contributed by atoms with Gasteiger partial charge in [-0.3, -0.25) is 4.79 Å². The average Bonchev–Trinajstić information content (AvgIpc) is 2.61. The summed E-state index contributed by atoms with van der Waals surface area (Å²) in [5.41, 5.74) is 0.748. The monoisotopic (exact) mass is 251 g/mol. The quantitative estimate of drug-likeness (QED) is 0.643. The van der Waals surface area contributed by atoms with E-state index in [1.54, 1.807) is 19.1 Å². The third-order valence-electron chi connectivity index (χ3n) is 2.11. The van der Waals surface area contributed by atoms with Gasteiger partial charge in [0.2, 0.25) is 5.91 Å². The highest BCUT2D eigenvalue weighted by molar-refractivity contribution is 8.15. The van der Waals surface area contributed by atoms with Gasteiger partial charge in [-0.05, 0) is 24.6 Å². The zero-order valence-electron chi connectivity index (χ0n) is 9.05. The van der Waals surface area contributed by atoms with Crippen LogP contribution < -0.4 is 5.32 Å². The average molecular weight is 251 g/mol. The Balaban J connectivity index is 2.00. The molecule has 1 fully saturated rings. The van der Waals surface area contributed by atoms with Crippen LogP contribution >= 0.6 is 11.8 Å². The molecule has 1 aromatic rings. The molecule has 0 bridgehead atoms. The van der Waals surface area contributed by atoms with Gasteiger partial charge in [0.25, 0.3) is 0 Å². The summed E-state index contributed by atoms with van der Waals surface area (Å²) < 4.78 is 12.6. The molecular formula is C11H10FN3OS. The van der Waals surface area contributed by atoms with Gasteiger partial charge in [0.1, 0.15) is 5.82 Å². The van der Waals surface area contributed by atoms with E-state index in [2.05, 4.69) is 15.5 Å². The minimum atomic E-state index is -0.291. The largest absolute Gasteiger partial charge is 0.303 e. The fourth-order valence-electron chi connectivity index (χ4n) is 1.20. The summed E-state index contributed by atoms with van der Waals surface area (Å²) in [5, 5.41) is 10.6. The van der Waals surface area contributed by atoms with Crippen LogP contribution in [0.3, 0.4) is 0 Å². The first kappa shape index (κ1) is 11.8. The minimum absolute atomic E-state index is 0.0641. The molecule has 2 rings (SSSR count). The van der Waals surface area contributed by atoms with Gasteiger partial charge in [0.05, 0.1) is 11.5 Å². The first-order valence-corrected chi connectivity index (χ1v) is 5.87. The number of hydrogen-bond acceptors (Lipinski definition) is 4. The number of benzene rings is 1. The Morgan fingerprint density at radius 1 is 1.41 bits per heavy atom. The molecular weight excluding hydrogens is 241 g/mol. The van der Waals surface area contributed by atoms with E-state index in [0.29, 0.717) is 5.17 Å².